The molecule has 1 aliphatic heterocycles. The second-order valence-corrected chi connectivity index (χ2v) is 8.19. The van der Waals surface area contributed by atoms with Gasteiger partial charge in [0.15, 0.2) is 0 Å². The predicted molar refractivity (Wildman–Crippen MR) is 80.2 cm³/mol. The molecule has 2 unspecified atom stereocenters. The highest BCUT2D eigenvalue weighted by molar-refractivity contribution is 7.89. The van der Waals surface area contributed by atoms with Crippen LogP contribution in [0.25, 0.3) is 0 Å². The average Bonchev–Trinajstić information content (AvgIpc) is 2.85. The number of ether oxygens (including phenoxy) is 1. The molecule has 1 heterocycles. The number of unbranched alkanes of at least 4 members (excludes halogenated alkanes) is 1. The van der Waals surface area contributed by atoms with E-state index in [1.165, 1.54) is 0 Å². The van der Waals surface area contributed by atoms with Crippen molar-refractivity contribution < 1.29 is 13.2 Å². The van der Waals surface area contributed by atoms with Crippen molar-refractivity contribution in [2.75, 3.05) is 25.4 Å². The van der Waals surface area contributed by atoms with Crippen LogP contribution in [0, 0.1) is 0 Å². The lowest BCUT2D eigenvalue weighted by Crippen LogP contribution is -2.51. The minimum Gasteiger partial charge on any atom is -0.375 e. The fourth-order valence-electron chi connectivity index (χ4n) is 3.15. The van der Waals surface area contributed by atoms with E-state index >= 15 is 0 Å². The fourth-order valence-corrected chi connectivity index (χ4v) is 4.96. The Morgan fingerprint density at radius 2 is 2.10 bits per heavy atom. The van der Waals surface area contributed by atoms with Gasteiger partial charge in [0.1, 0.15) is 0 Å². The molecule has 1 N–H and O–H groups in total. The minimum absolute atomic E-state index is 0.0996. The summed E-state index contributed by atoms with van der Waals surface area (Å²) in [5.41, 5.74) is 0. The molecule has 0 amide bonds. The molecule has 2 atom stereocenters. The van der Waals surface area contributed by atoms with Crippen LogP contribution in [0.5, 0.6) is 0 Å². The van der Waals surface area contributed by atoms with Crippen LogP contribution in [-0.2, 0) is 14.8 Å². The summed E-state index contributed by atoms with van der Waals surface area (Å²) in [7, 11) is -3.11. The minimum atomic E-state index is -3.11. The first-order valence-electron chi connectivity index (χ1n) is 7.85. The number of nitrogens with zero attached hydrogens (tertiary/aromatic N) is 1. The van der Waals surface area contributed by atoms with Gasteiger partial charge in [0.25, 0.3) is 0 Å². The first-order chi connectivity index (χ1) is 9.50. The second-order valence-electron chi connectivity index (χ2n) is 6.15. The quantitative estimate of drug-likeness (QED) is 0.721. The maximum atomic E-state index is 12.5. The fraction of sp³-hybridized carbons (Fsp3) is 1.00. The summed E-state index contributed by atoms with van der Waals surface area (Å²) in [6.07, 6.45) is 4.83. The van der Waals surface area contributed by atoms with Crippen molar-refractivity contribution in [3.8, 4) is 0 Å². The Balaban J connectivity index is 1.80. The van der Waals surface area contributed by atoms with Gasteiger partial charge < -0.3 is 10.1 Å². The summed E-state index contributed by atoms with van der Waals surface area (Å²) >= 11 is 0. The summed E-state index contributed by atoms with van der Waals surface area (Å²) in [4.78, 5) is 0. The second kappa shape index (κ2) is 7.20. The first kappa shape index (κ1) is 16.2. The Kier molecular flexibility index (Phi) is 5.84. The van der Waals surface area contributed by atoms with Gasteiger partial charge in [0.05, 0.1) is 24.5 Å². The molecule has 20 heavy (non-hydrogen) atoms. The number of hydrogen-bond donors (Lipinski definition) is 1. The molecule has 2 rings (SSSR count). The van der Waals surface area contributed by atoms with Gasteiger partial charge in [0.2, 0.25) is 10.0 Å². The Bertz CT molecular complexity index is 397. The number of morpholine rings is 1. The van der Waals surface area contributed by atoms with E-state index in [-0.39, 0.29) is 17.9 Å². The van der Waals surface area contributed by atoms with Gasteiger partial charge in [-0.05, 0) is 38.6 Å². The predicted octanol–water partition coefficient (Wildman–Crippen LogP) is 1.35. The molecule has 0 aromatic heterocycles. The topological polar surface area (TPSA) is 58.6 Å². The summed E-state index contributed by atoms with van der Waals surface area (Å²) in [5.74, 6) is 0.274. The third-order valence-corrected chi connectivity index (χ3v) is 6.14. The Hall–Kier alpha value is -0.170. The molecule has 2 fully saturated rings. The molecular weight excluding hydrogens is 276 g/mol. The van der Waals surface area contributed by atoms with Crippen LogP contribution < -0.4 is 5.32 Å². The third kappa shape index (κ3) is 4.16. The Labute approximate surface area is 123 Å². The zero-order valence-electron chi connectivity index (χ0n) is 12.7. The van der Waals surface area contributed by atoms with E-state index in [9.17, 15) is 8.42 Å². The average molecular weight is 304 g/mol. The van der Waals surface area contributed by atoms with E-state index in [2.05, 4.69) is 19.2 Å². The van der Waals surface area contributed by atoms with E-state index in [0.717, 1.165) is 38.6 Å². The maximum Gasteiger partial charge on any atom is 0.214 e. The van der Waals surface area contributed by atoms with Crippen LogP contribution in [0.15, 0.2) is 0 Å². The molecule has 1 saturated heterocycles. The van der Waals surface area contributed by atoms with Crippen molar-refractivity contribution in [2.45, 2.75) is 64.1 Å². The number of nitrogens with one attached hydrogen (secondary N) is 1. The highest BCUT2D eigenvalue weighted by atomic mass is 32.2. The SMILES string of the molecule is CC(C)NCCCCS(=O)(=O)N1CCOC2CCCC21. The van der Waals surface area contributed by atoms with Crippen molar-refractivity contribution in [2.24, 2.45) is 0 Å². The smallest absolute Gasteiger partial charge is 0.214 e. The summed E-state index contributed by atoms with van der Waals surface area (Å²) < 4.78 is 32.4. The molecule has 118 valence electrons. The molecule has 1 saturated carbocycles. The monoisotopic (exact) mass is 304 g/mol. The van der Waals surface area contributed by atoms with Crippen molar-refractivity contribution in [3.63, 3.8) is 0 Å². The zero-order valence-corrected chi connectivity index (χ0v) is 13.5. The Morgan fingerprint density at radius 1 is 1.30 bits per heavy atom. The normalized spacial score (nSPS) is 27.9. The lowest BCUT2D eigenvalue weighted by molar-refractivity contribution is -0.0241. The number of fused-ring (bicyclic) bond motifs is 1. The number of rotatable bonds is 7. The van der Waals surface area contributed by atoms with Crippen LogP contribution in [0.3, 0.4) is 0 Å². The van der Waals surface area contributed by atoms with Crippen LogP contribution in [0.1, 0.15) is 46.0 Å². The highest BCUT2D eigenvalue weighted by Crippen LogP contribution is 2.31. The molecule has 5 nitrogen and oxygen atoms in total. The van der Waals surface area contributed by atoms with Crippen LogP contribution >= 0.6 is 0 Å². The number of hydrogen-bond acceptors (Lipinski definition) is 4. The van der Waals surface area contributed by atoms with E-state index in [1.54, 1.807) is 4.31 Å². The van der Waals surface area contributed by atoms with E-state index in [4.69, 9.17) is 4.74 Å². The largest absolute Gasteiger partial charge is 0.375 e. The Morgan fingerprint density at radius 3 is 2.85 bits per heavy atom. The zero-order chi connectivity index (χ0) is 14.6. The van der Waals surface area contributed by atoms with Gasteiger partial charge in [-0.1, -0.05) is 13.8 Å². The lowest BCUT2D eigenvalue weighted by atomic mass is 10.2. The molecule has 2 aliphatic rings. The lowest BCUT2D eigenvalue weighted by Gasteiger charge is -2.36. The van der Waals surface area contributed by atoms with Crippen molar-refractivity contribution in [1.29, 1.82) is 0 Å². The van der Waals surface area contributed by atoms with Gasteiger partial charge in [-0.25, -0.2) is 8.42 Å². The molecule has 0 bridgehead atoms. The molecule has 0 spiro atoms. The number of sulfonamides is 1. The standard InChI is InChI=1S/C14H28N2O3S/c1-12(2)15-8-3-4-11-20(17,18)16-9-10-19-14-7-5-6-13(14)16/h12-15H,3-11H2,1-2H3. The first-order valence-corrected chi connectivity index (χ1v) is 9.46. The van der Waals surface area contributed by atoms with Crippen LogP contribution in [-0.4, -0.2) is 56.4 Å². The van der Waals surface area contributed by atoms with Crippen molar-refractivity contribution >= 4 is 10.0 Å². The molecule has 1 aliphatic carbocycles. The van der Waals surface area contributed by atoms with Crippen LogP contribution in [0.4, 0.5) is 0 Å². The molecule has 0 aromatic rings. The van der Waals surface area contributed by atoms with Gasteiger partial charge in [-0.3, -0.25) is 0 Å². The van der Waals surface area contributed by atoms with Gasteiger partial charge in [-0.2, -0.15) is 4.31 Å². The molecule has 6 heteroatoms. The van der Waals surface area contributed by atoms with Gasteiger partial charge in [-0.15, -0.1) is 0 Å². The third-order valence-electron chi connectivity index (χ3n) is 4.17. The summed E-state index contributed by atoms with van der Waals surface area (Å²) in [5, 5.41) is 3.32. The van der Waals surface area contributed by atoms with E-state index in [1.807, 2.05) is 0 Å². The van der Waals surface area contributed by atoms with Crippen molar-refractivity contribution in [3.05, 3.63) is 0 Å². The summed E-state index contributed by atoms with van der Waals surface area (Å²) in [6.45, 7) is 6.18. The molecule has 0 aromatic carbocycles. The van der Waals surface area contributed by atoms with Gasteiger partial charge >= 0.3 is 0 Å². The van der Waals surface area contributed by atoms with Gasteiger partial charge in [0, 0.05) is 12.6 Å². The maximum absolute atomic E-state index is 12.5. The summed E-state index contributed by atoms with van der Waals surface area (Å²) in [6, 6.07) is 0.563. The molecular formula is C14H28N2O3S. The van der Waals surface area contributed by atoms with E-state index in [0.29, 0.717) is 19.2 Å². The van der Waals surface area contributed by atoms with E-state index < -0.39 is 10.0 Å². The van der Waals surface area contributed by atoms with Crippen molar-refractivity contribution in [1.82, 2.24) is 9.62 Å². The highest BCUT2D eigenvalue weighted by Gasteiger charge is 2.41. The van der Waals surface area contributed by atoms with Crippen LogP contribution in [0.2, 0.25) is 0 Å². The molecule has 0 radical (unpaired) electrons.